The Bertz CT molecular complexity index is 1000. The molecule has 0 unspecified atom stereocenters. The number of benzene rings is 2. The predicted molar refractivity (Wildman–Crippen MR) is 112 cm³/mol. The second-order valence-corrected chi connectivity index (χ2v) is 8.84. The van der Waals surface area contributed by atoms with Gasteiger partial charge < -0.3 is 15.0 Å². The van der Waals surface area contributed by atoms with Gasteiger partial charge in [0, 0.05) is 17.3 Å². The third-order valence-corrected chi connectivity index (χ3v) is 7.28. The molecule has 4 heterocycles. The fourth-order valence-electron chi connectivity index (χ4n) is 5.97. The van der Waals surface area contributed by atoms with Crippen LogP contribution in [0.5, 0.6) is 5.75 Å². The Morgan fingerprint density at radius 3 is 2.67 bits per heavy atom. The van der Waals surface area contributed by atoms with Crippen molar-refractivity contribution in [3.63, 3.8) is 0 Å². The van der Waals surface area contributed by atoms with Crippen molar-refractivity contribution in [3.05, 3.63) is 60.2 Å². The molecule has 3 atom stereocenters. The molecule has 0 aliphatic carbocycles. The van der Waals surface area contributed by atoms with E-state index >= 15 is 0 Å². The highest BCUT2D eigenvalue weighted by molar-refractivity contribution is 6.09. The van der Waals surface area contributed by atoms with E-state index in [1.165, 1.54) is 0 Å². The van der Waals surface area contributed by atoms with Crippen molar-refractivity contribution in [3.8, 4) is 5.75 Å². The molecule has 6 nitrogen and oxygen atoms in total. The number of para-hydroxylation sites is 2. The molecule has 0 saturated carbocycles. The molecule has 4 aliphatic heterocycles. The summed E-state index contributed by atoms with van der Waals surface area (Å²) < 4.78 is 5.98. The van der Waals surface area contributed by atoms with E-state index in [-0.39, 0.29) is 23.8 Å². The van der Waals surface area contributed by atoms with Crippen LogP contribution in [0.3, 0.4) is 0 Å². The minimum absolute atomic E-state index is 0.0122. The molecule has 0 aromatic heterocycles. The normalized spacial score (nSPS) is 30.1. The highest BCUT2D eigenvalue weighted by Crippen LogP contribution is 2.55. The summed E-state index contributed by atoms with van der Waals surface area (Å²) in [5.74, 6) is 0.536. The molecule has 6 rings (SSSR count). The second kappa shape index (κ2) is 6.57. The van der Waals surface area contributed by atoms with Crippen molar-refractivity contribution in [2.45, 2.75) is 36.9 Å². The van der Waals surface area contributed by atoms with Crippen LogP contribution in [0, 0.1) is 5.92 Å². The van der Waals surface area contributed by atoms with E-state index in [1.54, 1.807) is 0 Å². The van der Waals surface area contributed by atoms with Gasteiger partial charge in [-0.1, -0.05) is 36.4 Å². The summed E-state index contributed by atoms with van der Waals surface area (Å²) in [5, 5.41) is 3.07. The lowest BCUT2D eigenvalue weighted by Gasteiger charge is -2.43. The summed E-state index contributed by atoms with van der Waals surface area (Å²) in [6.07, 6.45) is 2.90. The Hall–Kier alpha value is -2.86. The molecule has 3 saturated heterocycles. The van der Waals surface area contributed by atoms with E-state index in [4.69, 9.17) is 4.74 Å². The van der Waals surface area contributed by atoms with E-state index < -0.39 is 5.54 Å². The fourth-order valence-corrected chi connectivity index (χ4v) is 5.97. The molecular weight excluding hydrogens is 378 g/mol. The lowest BCUT2D eigenvalue weighted by atomic mass is 9.77. The molecular formula is C24H25N3O3. The summed E-state index contributed by atoms with van der Waals surface area (Å²) in [4.78, 5) is 31.2. The van der Waals surface area contributed by atoms with Crippen LogP contribution in [-0.4, -0.2) is 53.4 Å². The van der Waals surface area contributed by atoms with Gasteiger partial charge in [0.15, 0.2) is 0 Å². The summed E-state index contributed by atoms with van der Waals surface area (Å²) in [6, 6.07) is 17.9. The smallest absolute Gasteiger partial charge is 0.250 e. The van der Waals surface area contributed by atoms with Crippen LogP contribution in [0.2, 0.25) is 0 Å². The quantitative estimate of drug-likeness (QED) is 0.856. The molecule has 2 aromatic rings. The number of carbonyl (C=O) groups excluding carboxylic acids is 2. The van der Waals surface area contributed by atoms with Crippen molar-refractivity contribution in [2.24, 2.45) is 5.92 Å². The Kier molecular flexibility index (Phi) is 3.93. The number of amides is 2. The topological polar surface area (TPSA) is 61.9 Å². The van der Waals surface area contributed by atoms with E-state index in [2.05, 4.69) is 10.2 Å². The zero-order valence-electron chi connectivity index (χ0n) is 16.8. The first-order valence-corrected chi connectivity index (χ1v) is 10.9. The maximum atomic E-state index is 13.6. The zero-order valence-corrected chi connectivity index (χ0v) is 16.8. The monoisotopic (exact) mass is 403 g/mol. The van der Waals surface area contributed by atoms with Gasteiger partial charge in [-0.05, 0) is 44.0 Å². The average Bonchev–Trinajstić information content (AvgIpc) is 3.39. The zero-order chi connectivity index (χ0) is 20.3. The second-order valence-electron chi connectivity index (χ2n) is 8.84. The Morgan fingerprint density at radius 1 is 1.07 bits per heavy atom. The molecule has 2 aromatic carbocycles. The van der Waals surface area contributed by atoms with Gasteiger partial charge in [-0.25, -0.2) is 0 Å². The average molecular weight is 403 g/mol. The number of anilines is 1. The molecule has 1 N–H and O–H groups in total. The SMILES string of the molecule is O=C([C@@H]1C[C@H]2CCCN2[C@]12C(=O)Nc1ccccc12)N1CC(Oc2ccccc2)C1. The fraction of sp³-hybridized carbons (Fsp3) is 0.417. The number of fused-ring (bicyclic) bond motifs is 4. The third-order valence-electron chi connectivity index (χ3n) is 7.28. The van der Waals surface area contributed by atoms with Gasteiger partial charge in [0.1, 0.15) is 17.4 Å². The number of hydrogen-bond acceptors (Lipinski definition) is 4. The maximum absolute atomic E-state index is 13.6. The minimum Gasteiger partial charge on any atom is -0.487 e. The van der Waals surface area contributed by atoms with Crippen LogP contribution in [0.25, 0.3) is 0 Å². The summed E-state index contributed by atoms with van der Waals surface area (Å²) in [5.41, 5.74) is 0.956. The van der Waals surface area contributed by atoms with Crippen LogP contribution in [0.15, 0.2) is 54.6 Å². The standard InChI is InChI=1S/C24H25N3O3/c28-22(26-14-18(15-26)30-17-8-2-1-3-9-17)20-13-16-7-6-12-27(16)24(20)19-10-4-5-11-21(19)25-23(24)29/h1-5,8-11,16,18,20H,6-7,12-15H2,(H,25,29)/t16-,20+,24+/m1/s1. The molecule has 6 heteroatoms. The Labute approximate surface area is 175 Å². The number of carbonyl (C=O) groups is 2. The summed E-state index contributed by atoms with van der Waals surface area (Å²) in [6.45, 7) is 2.03. The van der Waals surface area contributed by atoms with Crippen LogP contribution >= 0.6 is 0 Å². The molecule has 3 fully saturated rings. The number of likely N-dealkylation sites (tertiary alicyclic amines) is 1. The van der Waals surface area contributed by atoms with E-state index in [1.807, 2.05) is 59.5 Å². The van der Waals surface area contributed by atoms with Gasteiger partial charge in [0.25, 0.3) is 0 Å². The molecule has 0 radical (unpaired) electrons. The van der Waals surface area contributed by atoms with Crippen molar-refractivity contribution < 1.29 is 14.3 Å². The first-order valence-electron chi connectivity index (χ1n) is 10.9. The number of ether oxygens (including phenoxy) is 1. The Morgan fingerprint density at radius 2 is 1.83 bits per heavy atom. The molecule has 30 heavy (non-hydrogen) atoms. The van der Waals surface area contributed by atoms with Gasteiger partial charge in [-0.3, -0.25) is 14.5 Å². The van der Waals surface area contributed by atoms with Gasteiger partial charge in [0.2, 0.25) is 11.8 Å². The van der Waals surface area contributed by atoms with Gasteiger partial charge >= 0.3 is 0 Å². The van der Waals surface area contributed by atoms with Gasteiger partial charge in [0.05, 0.1) is 19.0 Å². The lowest BCUT2D eigenvalue weighted by molar-refractivity contribution is -0.151. The van der Waals surface area contributed by atoms with E-state index in [9.17, 15) is 9.59 Å². The van der Waals surface area contributed by atoms with Gasteiger partial charge in [-0.15, -0.1) is 0 Å². The van der Waals surface area contributed by atoms with E-state index in [0.29, 0.717) is 19.1 Å². The molecule has 1 spiro atoms. The van der Waals surface area contributed by atoms with Crippen LogP contribution in [0.1, 0.15) is 24.8 Å². The van der Waals surface area contributed by atoms with Crippen LogP contribution in [0.4, 0.5) is 5.69 Å². The van der Waals surface area contributed by atoms with Crippen molar-refractivity contribution in [1.29, 1.82) is 0 Å². The molecule has 154 valence electrons. The van der Waals surface area contributed by atoms with Crippen molar-refractivity contribution in [2.75, 3.05) is 25.0 Å². The van der Waals surface area contributed by atoms with Gasteiger partial charge in [-0.2, -0.15) is 0 Å². The van der Waals surface area contributed by atoms with Crippen molar-refractivity contribution in [1.82, 2.24) is 9.80 Å². The third kappa shape index (κ3) is 2.40. The maximum Gasteiger partial charge on any atom is 0.250 e. The molecule has 4 aliphatic rings. The van der Waals surface area contributed by atoms with E-state index in [0.717, 1.165) is 42.8 Å². The predicted octanol–water partition coefficient (Wildman–Crippen LogP) is 2.61. The first kappa shape index (κ1) is 18.0. The lowest BCUT2D eigenvalue weighted by Crippen LogP contribution is -2.61. The minimum atomic E-state index is -0.861. The number of nitrogens with one attached hydrogen (secondary N) is 1. The summed E-state index contributed by atoms with van der Waals surface area (Å²) in [7, 11) is 0. The van der Waals surface area contributed by atoms with Crippen LogP contribution in [-0.2, 0) is 15.1 Å². The number of nitrogens with zero attached hydrogens (tertiary/aromatic N) is 2. The van der Waals surface area contributed by atoms with Crippen molar-refractivity contribution >= 4 is 17.5 Å². The summed E-state index contributed by atoms with van der Waals surface area (Å²) >= 11 is 0. The molecule has 0 bridgehead atoms. The number of rotatable bonds is 3. The van der Waals surface area contributed by atoms with Crippen LogP contribution < -0.4 is 10.1 Å². The number of hydrogen-bond donors (Lipinski definition) is 1. The molecule has 2 amide bonds. The highest BCUT2D eigenvalue weighted by atomic mass is 16.5. The Balaban J connectivity index is 1.27. The highest BCUT2D eigenvalue weighted by Gasteiger charge is 2.66. The largest absolute Gasteiger partial charge is 0.487 e. The first-order chi connectivity index (χ1) is 14.7.